The molecule has 0 fully saturated rings. The quantitative estimate of drug-likeness (QED) is 0.0484. The van der Waals surface area contributed by atoms with Crippen molar-refractivity contribution in [2.45, 2.75) is 44.9 Å². The minimum Gasteiger partial charge on any atom is -0.395 e. The molecule has 5 aromatic rings. The van der Waals surface area contributed by atoms with Crippen molar-refractivity contribution < 1.29 is 28.8 Å². The second kappa shape index (κ2) is 13.8. The van der Waals surface area contributed by atoms with Crippen LogP contribution in [-0.4, -0.2) is 47.7 Å². The third kappa shape index (κ3) is 6.08. The molecule has 0 unspecified atom stereocenters. The van der Waals surface area contributed by atoms with Gasteiger partial charge in [-0.15, -0.1) is 45.9 Å². The van der Waals surface area contributed by atoms with Gasteiger partial charge < -0.3 is 19.3 Å². The van der Waals surface area contributed by atoms with E-state index in [1.165, 1.54) is 51.3 Å². The monoisotopic (exact) mass is 751 g/mol. The van der Waals surface area contributed by atoms with E-state index in [4.69, 9.17) is 32.7 Å². The molecule has 0 bridgehead atoms. The van der Waals surface area contributed by atoms with Crippen LogP contribution in [0.5, 0.6) is 11.5 Å². The third-order valence-corrected chi connectivity index (χ3v) is 12.3. The molecule has 7 rings (SSSR count). The van der Waals surface area contributed by atoms with Gasteiger partial charge in [-0.1, -0.05) is 0 Å². The smallest absolute Gasteiger partial charge is 0.395 e. The molecule has 0 N–H and O–H groups in total. The highest BCUT2D eigenvalue weighted by molar-refractivity contribution is 7.18. The Bertz CT molecular complexity index is 2180. The van der Waals surface area contributed by atoms with E-state index in [0.29, 0.717) is 35.8 Å². The van der Waals surface area contributed by atoms with Crippen molar-refractivity contribution in [3.8, 4) is 11.5 Å². The average molecular weight is 753 g/mol. The highest BCUT2D eigenvalue weighted by Gasteiger charge is 2.37. The number of nitrogens with zero attached hydrogens (tertiary/aromatic N) is 3. The van der Waals surface area contributed by atoms with E-state index >= 15 is 0 Å². The van der Waals surface area contributed by atoms with Gasteiger partial charge in [0, 0.05) is 88.9 Å². The molecule has 2 aliphatic rings. The molecule has 10 nitrogen and oxygen atoms in total. The molecule has 4 heterocycles. The first kappa shape index (κ1) is 34.2. The van der Waals surface area contributed by atoms with E-state index < -0.39 is 11.1 Å². The first-order valence-electron chi connectivity index (χ1n) is 16.0. The lowest BCUT2D eigenvalue weighted by Gasteiger charge is -2.20. The normalized spacial score (nSPS) is 16.6. The predicted octanol–water partition coefficient (Wildman–Crippen LogP) is 9.43. The molecule has 0 radical (unpaired) electrons. The molecule has 50 heavy (non-hydrogen) atoms. The number of amides is 2. The summed E-state index contributed by atoms with van der Waals surface area (Å²) in [5.41, 5.74) is 5.56. The van der Waals surface area contributed by atoms with Crippen LogP contribution >= 0.6 is 45.9 Å². The minimum absolute atomic E-state index is 0.0443. The number of nitro benzene ring substituents is 1. The molecular formula is C36H31Cl2N3O7S2. The van der Waals surface area contributed by atoms with Gasteiger partial charge in [0.25, 0.3) is 5.69 Å². The minimum atomic E-state index is -1.02. The lowest BCUT2D eigenvalue weighted by Crippen LogP contribution is -2.32. The molecule has 0 spiro atoms. The molecule has 2 atom stereocenters. The largest absolute Gasteiger partial charge is 0.519 e. The van der Waals surface area contributed by atoms with Crippen molar-refractivity contribution in [2.24, 2.45) is 0 Å². The van der Waals surface area contributed by atoms with Crippen LogP contribution < -0.4 is 19.3 Å². The number of hydrogen-bond donors (Lipinski definition) is 0. The maximum atomic E-state index is 13.8. The number of carbonyl (C=O) groups is 3. The summed E-state index contributed by atoms with van der Waals surface area (Å²) in [6.45, 7) is 4.91. The van der Waals surface area contributed by atoms with E-state index in [1.807, 2.05) is 23.3 Å². The van der Waals surface area contributed by atoms with Gasteiger partial charge in [0.1, 0.15) is 5.75 Å². The van der Waals surface area contributed by atoms with E-state index in [0.717, 1.165) is 27.8 Å². The summed E-state index contributed by atoms with van der Waals surface area (Å²) in [7, 11) is 0. The van der Waals surface area contributed by atoms with Crippen LogP contribution in [0.3, 0.4) is 0 Å². The summed E-state index contributed by atoms with van der Waals surface area (Å²) in [5, 5.41) is 17.1. The summed E-state index contributed by atoms with van der Waals surface area (Å²) in [5.74, 6) is 0.712. The highest BCUT2D eigenvalue weighted by atomic mass is 35.5. The van der Waals surface area contributed by atoms with Gasteiger partial charge in [-0.3, -0.25) is 19.7 Å². The zero-order valence-corrected chi connectivity index (χ0v) is 30.2. The summed E-state index contributed by atoms with van der Waals surface area (Å²) >= 11 is 15.9. The number of rotatable bonds is 9. The van der Waals surface area contributed by atoms with E-state index in [2.05, 4.69) is 18.4 Å². The molecule has 2 aliphatic heterocycles. The number of ether oxygens (including phenoxy) is 2. The number of alkyl halides is 2. The van der Waals surface area contributed by atoms with Crippen molar-refractivity contribution in [3.63, 3.8) is 0 Å². The number of hydrogen-bond acceptors (Lipinski definition) is 9. The lowest BCUT2D eigenvalue weighted by atomic mass is 9.97. The van der Waals surface area contributed by atoms with Gasteiger partial charge in [0.2, 0.25) is 11.8 Å². The van der Waals surface area contributed by atoms with Crippen LogP contribution in [0.15, 0.2) is 53.2 Å². The van der Waals surface area contributed by atoms with Crippen LogP contribution in [0.4, 0.5) is 21.9 Å². The molecule has 0 aliphatic carbocycles. The third-order valence-electron chi connectivity index (χ3n) is 9.36. The molecule has 14 heteroatoms. The molecule has 0 saturated heterocycles. The Hall–Kier alpha value is -4.23. The van der Waals surface area contributed by atoms with Crippen LogP contribution in [0.2, 0.25) is 0 Å². The highest BCUT2D eigenvalue weighted by Crippen LogP contribution is 2.49. The van der Waals surface area contributed by atoms with E-state index in [1.54, 1.807) is 22.3 Å². The summed E-state index contributed by atoms with van der Waals surface area (Å²) < 4.78 is 12.9. The van der Waals surface area contributed by atoms with Crippen molar-refractivity contribution in [2.75, 3.05) is 34.6 Å². The zero-order chi connectivity index (χ0) is 35.3. The SMILES string of the molecule is Cc1csc2ccc3c(c12)[C@H](CCl)CN3C(=O)CCCC(=O)N1C[C@@H](CCl)c2c1cc(OC(=O)Oc1ccc([N+](=O)[O-])cc1)c1scc(C)c21. The fraction of sp³-hybridized carbons (Fsp3) is 0.306. The molecule has 258 valence electrons. The van der Waals surface area contributed by atoms with Crippen LogP contribution in [-0.2, 0) is 9.59 Å². The Labute approximate surface area is 305 Å². The molecule has 2 amide bonds. The van der Waals surface area contributed by atoms with Crippen molar-refractivity contribution in [3.05, 3.63) is 85.6 Å². The second-order valence-corrected chi connectivity index (χ2v) is 14.9. The maximum absolute atomic E-state index is 13.8. The van der Waals surface area contributed by atoms with Crippen molar-refractivity contribution in [1.82, 2.24) is 0 Å². The first-order chi connectivity index (χ1) is 24.1. The van der Waals surface area contributed by atoms with Gasteiger partial charge in [0.05, 0.1) is 15.3 Å². The summed E-state index contributed by atoms with van der Waals surface area (Å²) in [6, 6.07) is 10.8. The van der Waals surface area contributed by atoms with Gasteiger partial charge in [-0.25, -0.2) is 4.79 Å². The number of nitro groups is 1. The Morgan fingerprint density at radius 2 is 1.44 bits per heavy atom. The van der Waals surface area contributed by atoms with E-state index in [9.17, 15) is 24.5 Å². The van der Waals surface area contributed by atoms with Gasteiger partial charge in [-0.2, -0.15) is 0 Å². The average Bonchev–Trinajstić information content (AvgIpc) is 3.87. The number of benzene rings is 3. The topological polar surface area (TPSA) is 119 Å². The maximum Gasteiger partial charge on any atom is 0.519 e. The Balaban J connectivity index is 1.08. The number of thiophene rings is 2. The van der Waals surface area contributed by atoms with Crippen molar-refractivity contribution in [1.29, 1.82) is 0 Å². The number of aryl methyl sites for hydroxylation is 2. The number of fused-ring (bicyclic) bond motifs is 6. The van der Waals surface area contributed by atoms with Gasteiger partial charge in [0.15, 0.2) is 5.75 Å². The Morgan fingerprint density at radius 1 is 0.840 bits per heavy atom. The van der Waals surface area contributed by atoms with E-state index in [-0.39, 0.29) is 59.6 Å². The number of non-ortho nitro benzene ring substituents is 1. The Morgan fingerprint density at radius 3 is 2.08 bits per heavy atom. The fourth-order valence-corrected chi connectivity index (χ4v) is 9.55. The van der Waals surface area contributed by atoms with Gasteiger partial charge >= 0.3 is 6.16 Å². The number of anilines is 2. The standard InChI is InChI=1S/C36H31Cl2N3O7S2/c1-19-17-49-28-11-10-25-33(31(19)28)21(13-37)15-39(25)29(42)4-3-5-30(43)40-16-22(14-38)34-26(40)12-27(35-32(34)20(2)18-50-35)48-36(44)47-24-8-6-23(7-9-24)41(45)46/h6-12,17-18,21-22H,3-5,13-16H2,1-2H3/t21-,22-/m1/s1. The van der Waals surface area contributed by atoms with Crippen LogP contribution in [0.1, 0.15) is 53.4 Å². The summed E-state index contributed by atoms with van der Waals surface area (Å²) in [6.07, 6.45) is -0.325. The molecule has 0 saturated carbocycles. The Kier molecular flexibility index (Phi) is 9.46. The van der Waals surface area contributed by atoms with Crippen LogP contribution in [0, 0.1) is 24.0 Å². The first-order valence-corrected chi connectivity index (χ1v) is 18.8. The van der Waals surface area contributed by atoms with Crippen molar-refractivity contribution >= 4 is 101 Å². The predicted molar refractivity (Wildman–Crippen MR) is 198 cm³/mol. The summed E-state index contributed by atoms with van der Waals surface area (Å²) in [4.78, 5) is 54.1. The second-order valence-electron chi connectivity index (χ2n) is 12.5. The molecule has 3 aromatic carbocycles. The molecule has 2 aromatic heterocycles. The lowest BCUT2D eigenvalue weighted by molar-refractivity contribution is -0.384. The number of carbonyl (C=O) groups excluding carboxylic acids is 3. The molecular weight excluding hydrogens is 721 g/mol. The fourth-order valence-electron chi connectivity index (χ4n) is 7.07. The van der Waals surface area contributed by atoms with Gasteiger partial charge in [-0.05, 0) is 77.5 Å². The number of halogens is 2. The zero-order valence-electron chi connectivity index (χ0n) is 27.1. The van der Waals surface area contributed by atoms with Crippen LogP contribution in [0.25, 0.3) is 20.2 Å².